The minimum atomic E-state index is -0.468. The number of alkyl carbamates (subject to hydrolysis) is 1. The Kier molecular flexibility index (Phi) is 6.54. The molecule has 1 aliphatic carbocycles. The summed E-state index contributed by atoms with van der Waals surface area (Å²) >= 11 is 0. The van der Waals surface area contributed by atoms with Crippen LogP contribution in [0.25, 0.3) is 0 Å². The molecule has 1 saturated carbocycles. The zero-order valence-electron chi connectivity index (χ0n) is 16.2. The highest BCUT2D eigenvalue weighted by Gasteiger charge is 2.53. The van der Waals surface area contributed by atoms with Gasteiger partial charge in [0.25, 0.3) is 0 Å². The summed E-state index contributed by atoms with van der Waals surface area (Å²) in [6.07, 6.45) is 4.44. The first-order valence-corrected chi connectivity index (χ1v) is 9.54. The smallest absolute Gasteiger partial charge is 0.407 e. The van der Waals surface area contributed by atoms with Crippen LogP contribution in [-0.2, 0) is 9.47 Å². The zero-order chi connectivity index (χ0) is 17.9. The molecule has 1 amide bonds. The van der Waals surface area contributed by atoms with Crippen molar-refractivity contribution in [1.29, 1.82) is 0 Å². The molecule has 0 aromatic carbocycles. The fraction of sp³-hybridized carbons (Fsp3) is 0.947. The van der Waals surface area contributed by atoms with Crippen molar-refractivity contribution in [3.8, 4) is 0 Å². The van der Waals surface area contributed by atoms with Gasteiger partial charge in [-0.2, -0.15) is 0 Å². The van der Waals surface area contributed by atoms with E-state index < -0.39 is 5.60 Å². The number of ether oxygens (including phenoxy) is 2. The van der Waals surface area contributed by atoms with Gasteiger partial charge in [-0.15, -0.1) is 0 Å². The van der Waals surface area contributed by atoms with E-state index in [2.05, 4.69) is 31.4 Å². The van der Waals surface area contributed by atoms with Gasteiger partial charge in [-0.3, -0.25) is 0 Å². The molecule has 0 aromatic rings. The molecule has 5 nitrogen and oxygen atoms in total. The molecular weight excluding hydrogens is 304 g/mol. The van der Waals surface area contributed by atoms with Gasteiger partial charge in [-0.05, 0) is 59.3 Å². The van der Waals surface area contributed by atoms with E-state index in [4.69, 9.17) is 9.47 Å². The molecule has 0 spiro atoms. The number of fused-ring (bicyclic) bond motifs is 1. The highest BCUT2D eigenvalue weighted by molar-refractivity contribution is 5.68. The van der Waals surface area contributed by atoms with Crippen LogP contribution < -0.4 is 10.6 Å². The molecule has 0 radical (unpaired) electrons. The van der Waals surface area contributed by atoms with Gasteiger partial charge in [0.2, 0.25) is 0 Å². The molecule has 0 aromatic heterocycles. The predicted octanol–water partition coefficient (Wildman–Crippen LogP) is 3.47. The Labute approximate surface area is 147 Å². The second kappa shape index (κ2) is 8.05. The maximum absolute atomic E-state index is 12.2. The van der Waals surface area contributed by atoms with E-state index in [1.165, 1.54) is 6.42 Å². The Morgan fingerprint density at radius 1 is 1.21 bits per heavy atom. The molecule has 2 aliphatic rings. The van der Waals surface area contributed by atoms with Gasteiger partial charge in [0.1, 0.15) is 5.60 Å². The van der Waals surface area contributed by atoms with Gasteiger partial charge >= 0.3 is 6.09 Å². The molecule has 1 saturated heterocycles. The number of amides is 1. The van der Waals surface area contributed by atoms with E-state index in [0.717, 1.165) is 25.9 Å². The molecule has 1 heterocycles. The number of carbonyl (C=O) groups is 1. The van der Waals surface area contributed by atoms with Gasteiger partial charge in [0.15, 0.2) is 0 Å². The van der Waals surface area contributed by atoms with Crippen molar-refractivity contribution in [3.05, 3.63) is 0 Å². The molecule has 24 heavy (non-hydrogen) atoms. The summed E-state index contributed by atoms with van der Waals surface area (Å²) < 4.78 is 11.4. The number of hydrogen-bond acceptors (Lipinski definition) is 4. The molecule has 2 fully saturated rings. The number of hydrogen-bond donors (Lipinski definition) is 2. The summed E-state index contributed by atoms with van der Waals surface area (Å²) in [6, 6.07) is 0.712. The summed E-state index contributed by atoms with van der Waals surface area (Å²) in [7, 11) is 0. The summed E-state index contributed by atoms with van der Waals surface area (Å²) in [5.74, 6) is 1.12. The molecule has 2 N–H and O–H groups in total. The van der Waals surface area contributed by atoms with Gasteiger partial charge in [-0.1, -0.05) is 13.8 Å². The molecule has 5 heteroatoms. The van der Waals surface area contributed by atoms with Crippen LogP contribution >= 0.6 is 0 Å². The first-order valence-electron chi connectivity index (χ1n) is 9.54. The lowest BCUT2D eigenvalue weighted by Gasteiger charge is -2.54. The van der Waals surface area contributed by atoms with Crippen molar-refractivity contribution in [2.75, 3.05) is 6.61 Å². The van der Waals surface area contributed by atoms with Crippen LogP contribution in [-0.4, -0.2) is 42.5 Å². The number of carbonyl (C=O) groups excluding carboxylic acids is 1. The summed E-state index contributed by atoms with van der Waals surface area (Å²) in [6.45, 7) is 13.2. The van der Waals surface area contributed by atoms with Crippen LogP contribution in [0.3, 0.4) is 0 Å². The third kappa shape index (κ3) is 5.35. The Balaban J connectivity index is 1.91. The maximum atomic E-state index is 12.2. The fourth-order valence-electron chi connectivity index (χ4n) is 3.74. The Bertz CT molecular complexity index is 419. The quantitative estimate of drug-likeness (QED) is 0.777. The first kappa shape index (κ1) is 19.5. The van der Waals surface area contributed by atoms with Crippen molar-refractivity contribution in [3.63, 3.8) is 0 Å². The van der Waals surface area contributed by atoms with Crippen molar-refractivity contribution in [1.82, 2.24) is 10.6 Å². The number of nitrogens with one attached hydrogen (secondary N) is 2. The topological polar surface area (TPSA) is 59.6 Å². The van der Waals surface area contributed by atoms with Crippen LogP contribution in [0.1, 0.15) is 67.2 Å². The molecule has 0 bridgehead atoms. The van der Waals surface area contributed by atoms with E-state index >= 15 is 0 Å². The largest absolute Gasteiger partial charge is 0.444 e. The molecule has 5 atom stereocenters. The van der Waals surface area contributed by atoms with E-state index in [1.807, 2.05) is 20.8 Å². The van der Waals surface area contributed by atoms with E-state index in [-0.39, 0.29) is 24.3 Å². The van der Waals surface area contributed by atoms with Gasteiger partial charge in [0.05, 0.1) is 18.2 Å². The normalized spacial score (nSPS) is 31.1. The highest BCUT2D eigenvalue weighted by Crippen LogP contribution is 2.38. The summed E-state index contributed by atoms with van der Waals surface area (Å²) in [4.78, 5) is 12.2. The molecule has 5 unspecified atom stereocenters. The molecule has 140 valence electrons. The average Bonchev–Trinajstić information content (AvgIpc) is 2.46. The van der Waals surface area contributed by atoms with Crippen molar-refractivity contribution in [2.24, 2.45) is 11.8 Å². The first-order chi connectivity index (χ1) is 11.2. The maximum Gasteiger partial charge on any atom is 0.407 e. The van der Waals surface area contributed by atoms with Gasteiger partial charge < -0.3 is 20.1 Å². The van der Waals surface area contributed by atoms with Gasteiger partial charge in [0, 0.05) is 18.6 Å². The lowest BCUT2D eigenvalue weighted by molar-refractivity contribution is -0.130. The fourth-order valence-corrected chi connectivity index (χ4v) is 3.74. The predicted molar refractivity (Wildman–Crippen MR) is 96.1 cm³/mol. The van der Waals surface area contributed by atoms with E-state index in [0.29, 0.717) is 17.9 Å². The zero-order valence-corrected chi connectivity index (χ0v) is 16.2. The Hall–Kier alpha value is -0.810. The van der Waals surface area contributed by atoms with Crippen LogP contribution in [0.15, 0.2) is 0 Å². The van der Waals surface area contributed by atoms with Gasteiger partial charge in [-0.25, -0.2) is 4.79 Å². The lowest BCUT2D eigenvalue weighted by Crippen LogP contribution is -2.74. The van der Waals surface area contributed by atoms with Crippen molar-refractivity contribution >= 4 is 6.09 Å². The second-order valence-electron chi connectivity index (χ2n) is 8.88. The number of rotatable bonds is 6. The van der Waals surface area contributed by atoms with Crippen LogP contribution in [0.5, 0.6) is 0 Å². The Morgan fingerprint density at radius 2 is 1.92 bits per heavy atom. The van der Waals surface area contributed by atoms with Crippen LogP contribution in [0.2, 0.25) is 0 Å². The lowest BCUT2D eigenvalue weighted by atomic mass is 9.68. The summed E-state index contributed by atoms with van der Waals surface area (Å²) in [5, 5.41) is 6.78. The summed E-state index contributed by atoms with van der Waals surface area (Å²) in [5.41, 5.74) is -0.468. The molecular formula is C19H36N2O3. The average molecular weight is 341 g/mol. The van der Waals surface area contributed by atoms with E-state index in [1.54, 1.807) is 0 Å². The van der Waals surface area contributed by atoms with Crippen LogP contribution in [0.4, 0.5) is 4.79 Å². The SMILES string of the molecule is CC(C)CCC(C)NC1C(NC(=O)OC(C)(C)C)C2CCCOC21. The van der Waals surface area contributed by atoms with Crippen molar-refractivity contribution in [2.45, 2.75) is 97.1 Å². The van der Waals surface area contributed by atoms with Crippen LogP contribution in [0, 0.1) is 11.8 Å². The van der Waals surface area contributed by atoms with Crippen molar-refractivity contribution < 1.29 is 14.3 Å². The highest BCUT2D eigenvalue weighted by atomic mass is 16.6. The van der Waals surface area contributed by atoms with E-state index in [9.17, 15) is 4.79 Å². The molecule has 1 aliphatic heterocycles. The monoisotopic (exact) mass is 340 g/mol. The standard InChI is InChI=1S/C19H36N2O3/c1-12(2)9-10-13(3)20-16-15(14-8-7-11-23-17(14)16)21-18(22)24-19(4,5)6/h12-17,20H,7-11H2,1-6H3,(H,21,22). The third-order valence-electron chi connectivity index (χ3n) is 4.95. The minimum Gasteiger partial charge on any atom is -0.444 e. The Morgan fingerprint density at radius 3 is 2.54 bits per heavy atom. The molecule has 2 rings (SSSR count). The second-order valence-corrected chi connectivity index (χ2v) is 8.88. The minimum absolute atomic E-state index is 0.103. The third-order valence-corrected chi connectivity index (χ3v) is 4.95.